The number of aliphatic hydroxyl groups is 8. The van der Waals surface area contributed by atoms with E-state index in [9.17, 15) is 13.2 Å². The molecule has 602 valence electrons. The SMILES string of the molecule is CC(O)CC(C)O.CC(O)CC(C)O.CC(O)CC(C)O.CC(O)CC(C)O.COc1nc(C)cnc1-c1[c-]cc(C(F)(F)F)cc1.COc1nc(C)cnc1-c1[c-]cc(N(C)C)cc1.COc1nccnc1-c1[c-]cc(-c2ccccc2)cc1.COc1nccnc1-c1[c-]ccc(-c2ccccc2)c1.[Ir].[Ir].[Ir].[Ir]. The molecular formula is C81H100F3Ir4N9O12-4. The van der Waals surface area contributed by atoms with Crippen LogP contribution in [0.15, 0.2) is 171 Å². The summed E-state index contributed by atoms with van der Waals surface area (Å²) in [6, 6.07) is 53.6. The number of hydrogen-bond acceptors (Lipinski definition) is 21. The second kappa shape index (κ2) is 56.0. The molecule has 10 aromatic rings. The first-order chi connectivity index (χ1) is 49.8. The van der Waals surface area contributed by atoms with Crippen LogP contribution in [0.4, 0.5) is 18.9 Å². The van der Waals surface area contributed by atoms with Gasteiger partial charge in [0.05, 0.1) is 88.7 Å². The van der Waals surface area contributed by atoms with Gasteiger partial charge in [-0.3, -0.25) is 19.9 Å². The van der Waals surface area contributed by atoms with Crippen LogP contribution in [0, 0.1) is 38.1 Å². The van der Waals surface area contributed by atoms with Gasteiger partial charge in [-0.2, -0.15) is 13.2 Å². The van der Waals surface area contributed by atoms with Crippen LogP contribution in [0.2, 0.25) is 0 Å². The summed E-state index contributed by atoms with van der Waals surface area (Å²) in [5, 5.41) is 68.5. The summed E-state index contributed by atoms with van der Waals surface area (Å²) >= 11 is 0. The van der Waals surface area contributed by atoms with Crippen LogP contribution in [0.1, 0.15) is 98.0 Å². The van der Waals surface area contributed by atoms with Gasteiger partial charge in [-0.25, -0.2) is 19.9 Å². The van der Waals surface area contributed by atoms with Gasteiger partial charge in [0.15, 0.2) is 23.5 Å². The fourth-order valence-corrected chi connectivity index (χ4v) is 9.24. The molecule has 8 N–H and O–H groups in total. The zero-order valence-corrected chi connectivity index (χ0v) is 73.4. The topological polar surface area (TPSA) is 305 Å². The zero-order chi connectivity index (χ0) is 78.2. The Morgan fingerprint density at radius 1 is 0.376 bits per heavy atom. The zero-order valence-electron chi connectivity index (χ0n) is 63.8. The Hall–Kier alpha value is -7.29. The Morgan fingerprint density at radius 3 is 1.03 bits per heavy atom. The minimum Gasteiger partial charge on any atom is -0.486 e. The number of halogens is 3. The van der Waals surface area contributed by atoms with Crippen molar-refractivity contribution in [1.29, 1.82) is 0 Å². The maximum absolute atomic E-state index is 12.4. The molecular weight excluding hydrogens is 2120 g/mol. The molecule has 21 nitrogen and oxygen atoms in total. The van der Waals surface area contributed by atoms with E-state index in [0.29, 0.717) is 77.4 Å². The summed E-state index contributed by atoms with van der Waals surface area (Å²) < 4.78 is 58.1. The molecule has 10 rings (SSSR count). The summed E-state index contributed by atoms with van der Waals surface area (Å²) in [4.78, 5) is 35.9. The van der Waals surface area contributed by atoms with Crippen molar-refractivity contribution in [1.82, 2.24) is 39.9 Å². The number of hydrogen-bond donors (Lipinski definition) is 8. The Balaban J connectivity index is 0. The predicted molar refractivity (Wildman–Crippen MR) is 403 cm³/mol. The van der Waals surface area contributed by atoms with E-state index in [4.69, 9.17) is 59.8 Å². The van der Waals surface area contributed by atoms with E-state index in [1.165, 1.54) is 24.9 Å². The van der Waals surface area contributed by atoms with Gasteiger partial charge >= 0.3 is 6.18 Å². The Bertz CT molecular complexity index is 3930. The molecule has 0 saturated heterocycles. The number of aryl methyl sites for hydroxylation is 2. The summed E-state index contributed by atoms with van der Waals surface area (Å²) in [6.07, 6.45) is 4.29. The largest absolute Gasteiger partial charge is 0.486 e. The number of alkyl halides is 3. The van der Waals surface area contributed by atoms with Crippen LogP contribution in [0.25, 0.3) is 67.3 Å². The first kappa shape index (κ1) is 104. The van der Waals surface area contributed by atoms with Gasteiger partial charge < -0.3 is 64.7 Å². The van der Waals surface area contributed by atoms with Gasteiger partial charge in [0.25, 0.3) is 0 Å². The van der Waals surface area contributed by atoms with E-state index in [1.807, 2.05) is 111 Å². The fourth-order valence-electron chi connectivity index (χ4n) is 9.24. The van der Waals surface area contributed by atoms with Crippen molar-refractivity contribution in [3.8, 4) is 90.8 Å². The van der Waals surface area contributed by atoms with Crippen molar-refractivity contribution in [3.05, 3.63) is 212 Å². The van der Waals surface area contributed by atoms with Crippen LogP contribution < -0.4 is 23.8 Å². The molecule has 0 fully saturated rings. The van der Waals surface area contributed by atoms with Gasteiger partial charge in [-0.15, -0.1) is 125 Å². The molecule has 0 aliphatic rings. The van der Waals surface area contributed by atoms with Crippen molar-refractivity contribution >= 4 is 5.69 Å². The van der Waals surface area contributed by atoms with Crippen molar-refractivity contribution < 1.29 is 153 Å². The van der Waals surface area contributed by atoms with Gasteiger partial charge in [-0.05, 0) is 126 Å². The van der Waals surface area contributed by atoms with Crippen molar-refractivity contribution in [2.24, 2.45) is 0 Å². The number of aliphatic hydroxyl groups excluding tert-OH is 8. The second-order valence-corrected chi connectivity index (χ2v) is 24.4. The summed E-state index contributed by atoms with van der Waals surface area (Å²) in [5.41, 5.74) is 11.9. The number of benzene rings is 6. The third-order valence-electron chi connectivity index (χ3n) is 13.9. The number of aromatic nitrogens is 8. The normalized spacial score (nSPS) is 12.3. The summed E-state index contributed by atoms with van der Waals surface area (Å²) in [7, 11) is 10.2. The van der Waals surface area contributed by atoms with E-state index in [0.717, 1.165) is 56.9 Å². The summed E-state index contributed by atoms with van der Waals surface area (Å²) in [5.74, 6) is 1.81. The van der Waals surface area contributed by atoms with Gasteiger partial charge in [-0.1, -0.05) is 71.8 Å². The van der Waals surface area contributed by atoms with E-state index < -0.39 is 11.7 Å². The molecule has 0 aliphatic carbocycles. The Morgan fingerprint density at radius 2 is 0.716 bits per heavy atom. The van der Waals surface area contributed by atoms with Crippen LogP contribution in [-0.4, -0.2) is 172 Å². The molecule has 8 unspecified atom stereocenters. The molecule has 4 aromatic heterocycles. The molecule has 0 aliphatic heterocycles. The molecule has 4 heterocycles. The number of rotatable bonds is 19. The smallest absolute Gasteiger partial charge is 0.381 e. The number of nitrogens with zero attached hydrogens (tertiary/aromatic N) is 9. The second-order valence-electron chi connectivity index (χ2n) is 24.4. The van der Waals surface area contributed by atoms with Crippen LogP contribution in [0.3, 0.4) is 0 Å². The van der Waals surface area contributed by atoms with E-state index in [2.05, 4.69) is 94.5 Å². The van der Waals surface area contributed by atoms with Crippen LogP contribution >= 0.6 is 0 Å². The molecule has 109 heavy (non-hydrogen) atoms. The first-order valence-corrected chi connectivity index (χ1v) is 33.6. The minimum atomic E-state index is -4.38. The van der Waals surface area contributed by atoms with E-state index in [1.54, 1.807) is 115 Å². The molecule has 0 bridgehead atoms. The third kappa shape index (κ3) is 41.0. The van der Waals surface area contributed by atoms with Gasteiger partial charge in [0, 0.05) is 140 Å². The summed E-state index contributed by atoms with van der Waals surface area (Å²) in [6.45, 7) is 16.9. The fraction of sp³-hybridized carbons (Fsp3) is 0.358. The van der Waals surface area contributed by atoms with Crippen LogP contribution in [-0.2, 0) is 86.6 Å². The Kier molecular flexibility index (Phi) is 53.3. The molecule has 4 radical (unpaired) electrons. The predicted octanol–water partition coefficient (Wildman–Crippen LogP) is 13.4. The van der Waals surface area contributed by atoms with Crippen LogP contribution in [0.5, 0.6) is 23.5 Å². The van der Waals surface area contributed by atoms with E-state index in [-0.39, 0.29) is 135 Å². The van der Waals surface area contributed by atoms with E-state index >= 15 is 0 Å². The van der Waals surface area contributed by atoms with Gasteiger partial charge in [0.1, 0.15) is 0 Å². The maximum atomic E-state index is 12.4. The average Bonchev–Trinajstić information content (AvgIpc) is 0.834. The quantitative estimate of drug-likeness (QED) is 0.0349. The Labute approximate surface area is 693 Å². The van der Waals surface area contributed by atoms with Crippen molar-refractivity contribution in [2.75, 3.05) is 47.4 Å². The first-order valence-electron chi connectivity index (χ1n) is 33.6. The molecule has 6 aromatic carbocycles. The van der Waals surface area contributed by atoms with Gasteiger partial charge in [0.2, 0.25) is 0 Å². The third-order valence-corrected chi connectivity index (χ3v) is 13.9. The minimum absolute atomic E-state index is 0. The standard InChI is InChI=1S/2C17H13N2O.C14H16N3O.C13H10F3N2O.4C5H12O2.4Ir/c1-20-17-16(18-10-11-19-17)15-9-5-8-14(12-15)13-6-3-2-4-7-13;1-20-17-16(18-11-12-19-17)15-9-7-14(8-10-15)13-5-3-2-4-6-13;1-10-9-15-13(14(16-10)18-4)11-5-7-12(8-6-11)17(2)3;1-8-7-17-11(12(18-8)19-2)9-3-5-10(6-4-9)13(14,15)16;4*1-4(6)3-5(2)7;;;;/h2-8,10-12H,1H3;2-9,11-12H,1H3;5,7-9H,1-4H3;3,5-7H,1-2H3;4*4-7H,3H2,1-2H3;;;;/q4*-1;;;;;;;;. The molecule has 0 amide bonds. The number of ether oxygens (including phenoxy) is 4. The molecule has 0 spiro atoms. The van der Waals surface area contributed by atoms with Crippen molar-refractivity contribution in [2.45, 2.75) is 150 Å². The van der Waals surface area contributed by atoms with Crippen molar-refractivity contribution in [3.63, 3.8) is 0 Å². The number of methoxy groups -OCH3 is 4. The monoisotopic (exact) mass is 2220 g/mol. The molecule has 8 atom stereocenters. The number of anilines is 1. The molecule has 28 heteroatoms. The maximum Gasteiger partial charge on any atom is 0.381 e. The molecule has 0 saturated carbocycles. The average molecular weight is 2220 g/mol.